The smallest absolute Gasteiger partial charge is 0.341 e. The standard InChI is InChI=1S/C30H34N2O4S2/c1-4-24(37-22-14-10-13-21(18-22)31-27(33)20-12-9-11-19(3)17-20)28(34)32-29-26(30(35)36-5-2)23-15-7-6-8-16-25(23)38-29/h9-14,17-18,24H,4-8,15-16H2,1-3H3,(H,31,33)(H,32,34). The lowest BCUT2D eigenvalue weighted by atomic mass is 10.1. The summed E-state index contributed by atoms with van der Waals surface area (Å²) in [5.41, 5.74) is 3.86. The summed E-state index contributed by atoms with van der Waals surface area (Å²) in [6.45, 7) is 6.01. The third-order valence-electron chi connectivity index (χ3n) is 6.45. The summed E-state index contributed by atoms with van der Waals surface area (Å²) in [7, 11) is 0. The van der Waals surface area contributed by atoms with Gasteiger partial charge in [-0.2, -0.15) is 0 Å². The molecule has 4 rings (SSSR count). The highest BCUT2D eigenvalue weighted by Gasteiger charge is 2.28. The lowest BCUT2D eigenvalue weighted by molar-refractivity contribution is -0.115. The van der Waals surface area contributed by atoms with Crippen LogP contribution in [0.25, 0.3) is 0 Å². The number of nitrogens with one attached hydrogen (secondary N) is 2. The number of benzene rings is 2. The molecule has 8 heteroatoms. The molecule has 2 amide bonds. The molecule has 1 aliphatic carbocycles. The molecule has 2 N–H and O–H groups in total. The molecule has 1 aliphatic rings. The topological polar surface area (TPSA) is 84.5 Å². The van der Waals surface area contributed by atoms with Gasteiger partial charge in [0.05, 0.1) is 17.4 Å². The third kappa shape index (κ3) is 6.85. The van der Waals surface area contributed by atoms with Gasteiger partial charge in [0.25, 0.3) is 5.91 Å². The van der Waals surface area contributed by atoms with Crippen molar-refractivity contribution >= 4 is 51.6 Å². The second-order valence-corrected chi connectivity index (χ2v) is 11.7. The molecule has 0 aliphatic heterocycles. The van der Waals surface area contributed by atoms with Crippen LogP contribution in [0.3, 0.4) is 0 Å². The molecule has 1 aromatic heterocycles. The van der Waals surface area contributed by atoms with E-state index < -0.39 is 0 Å². The Kier molecular flexibility index (Phi) is 9.63. The van der Waals surface area contributed by atoms with Crippen molar-refractivity contribution < 1.29 is 19.1 Å². The first-order chi connectivity index (χ1) is 18.4. The van der Waals surface area contributed by atoms with Crippen LogP contribution in [0.15, 0.2) is 53.4 Å². The third-order valence-corrected chi connectivity index (χ3v) is 9.02. The first-order valence-corrected chi connectivity index (χ1v) is 14.9. The van der Waals surface area contributed by atoms with Crippen LogP contribution < -0.4 is 10.6 Å². The Morgan fingerprint density at radius 3 is 2.55 bits per heavy atom. The molecule has 2 aromatic carbocycles. The van der Waals surface area contributed by atoms with E-state index >= 15 is 0 Å². The van der Waals surface area contributed by atoms with Gasteiger partial charge in [-0.1, -0.05) is 37.1 Å². The van der Waals surface area contributed by atoms with E-state index in [1.165, 1.54) is 28.0 Å². The predicted molar refractivity (Wildman–Crippen MR) is 156 cm³/mol. The van der Waals surface area contributed by atoms with E-state index in [1.807, 2.05) is 56.3 Å². The summed E-state index contributed by atoms with van der Waals surface area (Å²) < 4.78 is 5.36. The van der Waals surface area contributed by atoms with Crippen LogP contribution in [0, 0.1) is 6.92 Å². The number of carbonyl (C=O) groups excluding carboxylic acids is 3. The molecule has 200 valence electrons. The molecule has 1 heterocycles. The second kappa shape index (κ2) is 13.1. The molecule has 6 nitrogen and oxygen atoms in total. The number of hydrogen-bond acceptors (Lipinski definition) is 6. The van der Waals surface area contributed by atoms with E-state index in [-0.39, 0.29) is 23.0 Å². The average Bonchev–Trinajstić information content (AvgIpc) is 3.07. The molecule has 1 atom stereocenters. The van der Waals surface area contributed by atoms with Gasteiger partial charge in [-0.3, -0.25) is 9.59 Å². The average molecular weight is 551 g/mol. The van der Waals surface area contributed by atoms with Crippen molar-refractivity contribution in [1.29, 1.82) is 0 Å². The maximum atomic E-state index is 13.4. The van der Waals surface area contributed by atoms with E-state index in [0.717, 1.165) is 48.1 Å². The van der Waals surface area contributed by atoms with Crippen molar-refractivity contribution in [2.45, 2.75) is 69.4 Å². The fourth-order valence-electron chi connectivity index (χ4n) is 4.57. The quantitative estimate of drug-likeness (QED) is 0.166. The highest BCUT2D eigenvalue weighted by atomic mass is 32.2. The van der Waals surface area contributed by atoms with Gasteiger partial charge in [0, 0.05) is 21.0 Å². The minimum absolute atomic E-state index is 0.145. The molecule has 1 unspecified atom stereocenters. The van der Waals surface area contributed by atoms with Crippen LogP contribution >= 0.6 is 23.1 Å². The fraction of sp³-hybridized carbons (Fsp3) is 0.367. The Balaban J connectivity index is 1.48. The molecular weight excluding hydrogens is 516 g/mol. The van der Waals surface area contributed by atoms with Crippen molar-refractivity contribution in [2.75, 3.05) is 17.2 Å². The number of thiophene rings is 1. The van der Waals surface area contributed by atoms with Crippen molar-refractivity contribution in [2.24, 2.45) is 0 Å². The fourth-order valence-corrected chi connectivity index (χ4v) is 6.86. The highest BCUT2D eigenvalue weighted by Crippen LogP contribution is 2.39. The molecule has 0 saturated heterocycles. The number of fused-ring (bicyclic) bond motifs is 1. The Morgan fingerprint density at radius 1 is 1.00 bits per heavy atom. The summed E-state index contributed by atoms with van der Waals surface area (Å²) in [6, 6.07) is 15.0. The van der Waals surface area contributed by atoms with Gasteiger partial charge >= 0.3 is 5.97 Å². The van der Waals surface area contributed by atoms with Crippen LogP contribution in [0.4, 0.5) is 10.7 Å². The van der Waals surface area contributed by atoms with Crippen molar-refractivity contribution in [3.63, 3.8) is 0 Å². The molecule has 0 fully saturated rings. The molecule has 38 heavy (non-hydrogen) atoms. The normalized spacial score (nSPS) is 13.7. The van der Waals surface area contributed by atoms with E-state index in [4.69, 9.17) is 4.74 Å². The summed E-state index contributed by atoms with van der Waals surface area (Å²) in [5.74, 6) is -0.682. The van der Waals surface area contributed by atoms with Gasteiger partial charge in [0.15, 0.2) is 0 Å². The molecule has 0 saturated carbocycles. The number of aryl methyl sites for hydroxylation is 2. The minimum atomic E-state index is -0.366. The Hall–Kier alpha value is -3.10. The van der Waals surface area contributed by atoms with Crippen LogP contribution in [-0.2, 0) is 22.4 Å². The van der Waals surface area contributed by atoms with Gasteiger partial charge in [-0.15, -0.1) is 23.1 Å². The van der Waals surface area contributed by atoms with Gasteiger partial charge in [-0.05, 0) is 81.8 Å². The van der Waals surface area contributed by atoms with Crippen molar-refractivity contribution in [3.8, 4) is 0 Å². The van der Waals surface area contributed by atoms with Crippen LogP contribution in [0.2, 0.25) is 0 Å². The number of anilines is 2. The summed E-state index contributed by atoms with van der Waals surface area (Å²) in [6.07, 6.45) is 5.64. The molecule has 0 spiro atoms. The predicted octanol–water partition coefficient (Wildman–Crippen LogP) is 7.26. The molecule has 3 aromatic rings. The lowest BCUT2D eigenvalue weighted by Gasteiger charge is -2.16. The van der Waals surface area contributed by atoms with E-state index in [2.05, 4.69) is 10.6 Å². The Morgan fingerprint density at radius 2 is 1.79 bits per heavy atom. The number of thioether (sulfide) groups is 1. The lowest BCUT2D eigenvalue weighted by Crippen LogP contribution is -2.25. The first kappa shape index (κ1) is 27.9. The number of carbonyl (C=O) groups is 3. The molecular formula is C30H34N2O4S2. The van der Waals surface area contributed by atoms with E-state index in [9.17, 15) is 14.4 Å². The Labute approximate surface area is 232 Å². The molecule has 0 bridgehead atoms. The number of rotatable bonds is 9. The SMILES string of the molecule is CCOC(=O)c1c(NC(=O)C(CC)Sc2cccc(NC(=O)c3cccc(C)c3)c2)sc2c1CCCCC2. The van der Waals surface area contributed by atoms with Crippen LogP contribution in [0.5, 0.6) is 0 Å². The summed E-state index contributed by atoms with van der Waals surface area (Å²) in [4.78, 5) is 41.0. The zero-order valence-corrected chi connectivity index (χ0v) is 23.7. The van der Waals surface area contributed by atoms with Crippen LogP contribution in [-0.4, -0.2) is 29.6 Å². The molecule has 0 radical (unpaired) electrons. The number of hydrogen-bond donors (Lipinski definition) is 2. The van der Waals surface area contributed by atoms with Gasteiger partial charge < -0.3 is 15.4 Å². The van der Waals surface area contributed by atoms with Gasteiger partial charge in [0.2, 0.25) is 5.91 Å². The van der Waals surface area contributed by atoms with Crippen LogP contribution in [0.1, 0.15) is 76.3 Å². The zero-order chi connectivity index (χ0) is 27.1. The number of esters is 1. The summed E-state index contributed by atoms with van der Waals surface area (Å²) in [5, 5.41) is 6.24. The number of ether oxygens (including phenoxy) is 1. The summed E-state index contributed by atoms with van der Waals surface area (Å²) >= 11 is 2.95. The largest absolute Gasteiger partial charge is 0.462 e. The van der Waals surface area contributed by atoms with Crippen molar-refractivity contribution in [3.05, 3.63) is 75.7 Å². The maximum Gasteiger partial charge on any atom is 0.341 e. The minimum Gasteiger partial charge on any atom is -0.462 e. The van der Waals surface area contributed by atoms with Crippen molar-refractivity contribution in [1.82, 2.24) is 0 Å². The maximum absolute atomic E-state index is 13.4. The monoisotopic (exact) mass is 550 g/mol. The van der Waals surface area contributed by atoms with Gasteiger partial charge in [0.1, 0.15) is 5.00 Å². The number of amides is 2. The van der Waals surface area contributed by atoms with E-state index in [0.29, 0.717) is 34.8 Å². The highest BCUT2D eigenvalue weighted by molar-refractivity contribution is 8.00. The van der Waals surface area contributed by atoms with E-state index in [1.54, 1.807) is 13.0 Å². The zero-order valence-electron chi connectivity index (χ0n) is 22.1. The van der Waals surface area contributed by atoms with Gasteiger partial charge in [-0.25, -0.2) is 4.79 Å². The second-order valence-electron chi connectivity index (χ2n) is 9.34. The Bertz CT molecular complexity index is 1320. The first-order valence-electron chi connectivity index (χ1n) is 13.2.